The summed E-state index contributed by atoms with van der Waals surface area (Å²) in [7, 11) is 3.78. The molecular weight excluding hydrogens is 208 g/mol. The number of rotatable bonds is 3. The highest BCUT2D eigenvalue weighted by atomic mass is 16.4. The molecule has 84 valence electrons. The van der Waals surface area contributed by atoms with Gasteiger partial charge in [0.05, 0.1) is 18.3 Å². The molecule has 0 saturated carbocycles. The maximum Gasteiger partial charge on any atom is 0.309 e. The van der Waals surface area contributed by atoms with E-state index in [-0.39, 0.29) is 6.42 Å². The number of anilines is 1. The normalized spacial score (nSPS) is 10.6. The van der Waals surface area contributed by atoms with Crippen LogP contribution in [-0.2, 0) is 11.2 Å². The number of aliphatic carboxylic acids is 1. The topological polar surface area (TPSA) is 70.7 Å². The SMILES string of the molecule is CN(C)c1ccc2nc(CC(=O)O)cn2n1. The minimum atomic E-state index is -0.892. The van der Waals surface area contributed by atoms with E-state index in [1.54, 1.807) is 10.7 Å². The molecule has 0 atom stereocenters. The van der Waals surface area contributed by atoms with Gasteiger partial charge in [0.25, 0.3) is 0 Å². The Balaban J connectivity index is 2.41. The third-order valence-corrected chi connectivity index (χ3v) is 2.15. The lowest BCUT2D eigenvalue weighted by Crippen LogP contribution is -2.11. The van der Waals surface area contributed by atoms with Crippen LogP contribution in [0.3, 0.4) is 0 Å². The molecule has 0 bridgehead atoms. The Morgan fingerprint density at radius 1 is 1.50 bits per heavy atom. The standard InChI is InChI=1S/C10H12N4O2/c1-13(2)9-4-3-8-11-7(5-10(15)16)6-14(8)12-9/h3-4,6H,5H2,1-2H3,(H,15,16). The Morgan fingerprint density at radius 3 is 2.88 bits per heavy atom. The van der Waals surface area contributed by atoms with Crippen LogP contribution in [-0.4, -0.2) is 39.8 Å². The summed E-state index contributed by atoms with van der Waals surface area (Å²) in [5, 5.41) is 12.9. The molecule has 2 heterocycles. The smallest absolute Gasteiger partial charge is 0.309 e. The van der Waals surface area contributed by atoms with E-state index in [1.807, 2.05) is 31.1 Å². The van der Waals surface area contributed by atoms with Crippen molar-refractivity contribution in [2.75, 3.05) is 19.0 Å². The fraction of sp³-hybridized carbons (Fsp3) is 0.300. The second-order valence-electron chi connectivity index (χ2n) is 3.69. The van der Waals surface area contributed by atoms with E-state index in [1.165, 1.54) is 0 Å². The summed E-state index contributed by atoms with van der Waals surface area (Å²) in [6.07, 6.45) is 1.55. The van der Waals surface area contributed by atoms with Crippen molar-refractivity contribution in [1.29, 1.82) is 0 Å². The average molecular weight is 220 g/mol. The number of carboxylic acids is 1. The second kappa shape index (κ2) is 3.80. The van der Waals surface area contributed by atoms with Gasteiger partial charge in [0.2, 0.25) is 0 Å². The zero-order chi connectivity index (χ0) is 11.7. The van der Waals surface area contributed by atoms with Crippen LogP contribution in [0, 0.1) is 0 Å². The molecule has 0 aliphatic heterocycles. The van der Waals surface area contributed by atoms with Crippen LogP contribution >= 0.6 is 0 Å². The number of nitrogens with zero attached hydrogens (tertiary/aromatic N) is 4. The minimum absolute atomic E-state index is 0.0827. The largest absolute Gasteiger partial charge is 0.481 e. The molecule has 2 rings (SSSR count). The Hall–Kier alpha value is -2.11. The van der Waals surface area contributed by atoms with E-state index in [9.17, 15) is 4.79 Å². The quantitative estimate of drug-likeness (QED) is 0.811. The molecule has 16 heavy (non-hydrogen) atoms. The monoisotopic (exact) mass is 220 g/mol. The molecule has 6 nitrogen and oxygen atoms in total. The molecule has 0 saturated heterocycles. The fourth-order valence-corrected chi connectivity index (χ4v) is 1.40. The highest BCUT2D eigenvalue weighted by Gasteiger charge is 2.07. The summed E-state index contributed by atoms with van der Waals surface area (Å²) in [6, 6.07) is 3.65. The lowest BCUT2D eigenvalue weighted by atomic mass is 10.3. The van der Waals surface area contributed by atoms with Crippen LogP contribution in [0.4, 0.5) is 5.82 Å². The van der Waals surface area contributed by atoms with Crippen LogP contribution in [0.25, 0.3) is 5.65 Å². The first-order valence-electron chi connectivity index (χ1n) is 4.80. The predicted octanol–water partition coefficient (Wildman–Crippen LogP) is 0.422. The third-order valence-electron chi connectivity index (χ3n) is 2.15. The Bertz CT molecular complexity index is 533. The molecule has 6 heteroatoms. The van der Waals surface area contributed by atoms with Crippen molar-refractivity contribution >= 4 is 17.4 Å². The fourth-order valence-electron chi connectivity index (χ4n) is 1.40. The Labute approximate surface area is 92.1 Å². The number of carbonyl (C=O) groups is 1. The van der Waals surface area contributed by atoms with Gasteiger partial charge in [-0.25, -0.2) is 9.50 Å². The Morgan fingerprint density at radius 2 is 2.25 bits per heavy atom. The summed E-state index contributed by atoms with van der Waals surface area (Å²) in [6.45, 7) is 0. The third kappa shape index (κ3) is 1.95. The van der Waals surface area contributed by atoms with Gasteiger partial charge in [0, 0.05) is 14.1 Å². The first kappa shape index (κ1) is 10.4. The van der Waals surface area contributed by atoms with E-state index in [0.717, 1.165) is 5.82 Å². The van der Waals surface area contributed by atoms with Gasteiger partial charge in [0.1, 0.15) is 5.82 Å². The van der Waals surface area contributed by atoms with Crippen LogP contribution in [0.5, 0.6) is 0 Å². The molecule has 0 fully saturated rings. The molecule has 0 unspecified atom stereocenters. The van der Waals surface area contributed by atoms with Crippen molar-refractivity contribution in [3.8, 4) is 0 Å². The van der Waals surface area contributed by atoms with Gasteiger partial charge in [-0.3, -0.25) is 4.79 Å². The summed E-state index contributed by atoms with van der Waals surface area (Å²) >= 11 is 0. The van der Waals surface area contributed by atoms with Crippen LogP contribution < -0.4 is 4.90 Å². The number of hydrogen-bond acceptors (Lipinski definition) is 4. The van der Waals surface area contributed by atoms with E-state index < -0.39 is 5.97 Å². The minimum Gasteiger partial charge on any atom is -0.481 e. The van der Waals surface area contributed by atoms with E-state index in [2.05, 4.69) is 10.1 Å². The lowest BCUT2D eigenvalue weighted by molar-refractivity contribution is -0.136. The van der Waals surface area contributed by atoms with Crippen LogP contribution in [0.15, 0.2) is 18.3 Å². The van der Waals surface area contributed by atoms with E-state index in [4.69, 9.17) is 5.11 Å². The van der Waals surface area contributed by atoms with Gasteiger partial charge < -0.3 is 10.0 Å². The lowest BCUT2D eigenvalue weighted by Gasteiger charge is -2.09. The maximum absolute atomic E-state index is 10.5. The molecule has 2 aromatic rings. The van der Waals surface area contributed by atoms with Gasteiger partial charge in [-0.05, 0) is 12.1 Å². The molecular formula is C10H12N4O2. The summed E-state index contributed by atoms with van der Waals surface area (Å²) in [4.78, 5) is 16.6. The van der Waals surface area contributed by atoms with E-state index >= 15 is 0 Å². The van der Waals surface area contributed by atoms with Gasteiger partial charge in [-0.2, -0.15) is 0 Å². The van der Waals surface area contributed by atoms with Crippen molar-refractivity contribution in [3.05, 3.63) is 24.0 Å². The van der Waals surface area contributed by atoms with Gasteiger partial charge in [-0.1, -0.05) is 0 Å². The molecule has 0 amide bonds. The highest BCUT2D eigenvalue weighted by Crippen LogP contribution is 2.10. The van der Waals surface area contributed by atoms with Crippen molar-refractivity contribution in [2.45, 2.75) is 6.42 Å². The summed E-state index contributed by atoms with van der Waals surface area (Å²) in [5.74, 6) is -0.0944. The maximum atomic E-state index is 10.5. The van der Waals surface area contributed by atoms with E-state index in [0.29, 0.717) is 11.3 Å². The Kier molecular flexibility index (Phi) is 2.47. The van der Waals surface area contributed by atoms with Crippen molar-refractivity contribution in [2.24, 2.45) is 0 Å². The molecule has 0 aliphatic rings. The highest BCUT2D eigenvalue weighted by molar-refractivity contribution is 5.69. The van der Waals surface area contributed by atoms with Crippen LogP contribution in [0.1, 0.15) is 5.69 Å². The molecule has 1 N–H and O–H groups in total. The van der Waals surface area contributed by atoms with Gasteiger partial charge >= 0.3 is 5.97 Å². The number of hydrogen-bond donors (Lipinski definition) is 1. The second-order valence-corrected chi connectivity index (χ2v) is 3.69. The van der Waals surface area contributed by atoms with Crippen LogP contribution in [0.2, 0.25) is 0 Å². The molecule has 0 radical (unpaired) electrons. The van der Waals surface area contributed by atoms with Crippen molar-refractivity contribution in [1.82, 2.24) is 14.6 Å². The molecule has 0 spiro atoms. The first-order valence-corrected chi connectivity index (χ1v) is 4.80. The zero-order valence-corrected chi connectivity index (χ0v) is 9.08. The van der Waals surface area contributed by atoms with Crippen molar-refractivity contribution in [3.63, 3.8) is 0 Å². The zero-order valence-electron chi connectivity index (χ0n) is 9.08. The van der Waals surface area contributed by atoms with Gasteiger partial charge in [-0.15, -0.1) is 5.10 Å². The van der Waals surface area contributed by atoms with Crippen molar-refractivity contribution < 1.29 is 9.90 Å². The average Bonchev–Trinajstić information content (AvgIpc) is 2.56. The number of imidazole rings is 1. The molecule has 2 aromatic heterocycles. The summed E-state index contributed by atoms with van der Waals surface area (Å²) < 4.78 is 1.59. The molecule has 0 aliphatic carbocycles. The number of fused-ring (bicyclic) bond motifs is 1. The first-order chi connectivity index (χ1) is 7.56. The molecule has 0 aromatic carbocycles. The van der Waals surface area contributed by atoms with Gasteiger partial charge in [0.15, 0.2) is 5.65 Å². The predicted molar refractivity (Wildman–Crippen MR) is 58.7 cm³/mol. The summed E-state index contributed by atoms with van der Waals surface area (Å²) in [5.41, 5.74) is 1.16. The number of aromatic nitrogens is 3. The number of carboxylic acid groups (broad SMARTS) is 1.